The van der Waals surface area contributed by atoms with E-state index in [1.807, 2.05) is 0 Å². The Kier molecular flexibility index (Phi) is 2.62. The number of hydrogen-bond donors (Lipinski definition) is 3. The Morgan fingerprint density at radius 3 is 2.64 bits per heavy atom. The van der Waals surface area contributed by atoms with Gasteiger partial charge < -0.3 is 10.1 Å². The molecule has 0 saturated carbocycles. The van der Waals surface area contributed by atoms with E-state index in [1.165, 1.54) is 7.05 Å². The van der Waals surface area contributed by atoms with E-state index in [4.69, 9.17) is 9.76 Å². The van der Waals surface area contributed by atoms with Gasteiger partial charge >= 0.3 is 6.03 Å². The van der Waals surface area contributed by atoms with Crippen LogP contribution >= 0.6 is 0 Å². The molecule has 1 aliphatic heterocycles. The highest BCUT2D eigenvalue weighted by Gasteiger charge is 2.37. The third-order valence-electron chi connectivity index (χ3n) is 1.84. The number of nitrogens with one attached hydrogen (secondary N) is 1. The van der Waals surface area contributed by atoms with Crippen molar-refractivity contribution in [1.29, 1.82) is 0 Å². The maximum atomic E-state index is 11.1. The first-order chi connectivity index (χ1) is 6.36. The molecule has 1 atom stereocenters. The van der Waals surface area contributed by atoms with Gasteiger partial charge in [0, 0.05) is 13.5 Å². The van der Waals surface area contributed by atoms with E-state index in [9.17, 15) is 13.2 Å². The van der Waals surface area contributed by atoms with Crippen LogP contribution in [-0.4, -0.2) is 47.4 Å². The van der Waals surface area contributed by atoms with Gasteiger partial charge in [-0.15, -0.1) is 0 Å². The average Bonchev–Trinajstić information content (AvgIpc) is 2.07. The number of amides is 2. The van der Waals surface area contributed by atoms with E-state index in [-0.39, 0.29) is 12.3 Å². The van der Waals surface area contributed by atoms with Crippen molar-refractivity contribution in [3.63, 3.8) is 0 Å². The summed E-state index contributed by atoms with van der Waals surface area (Å²) in [5.41, 5.74) is 0. The number of urea groups is 1. The van der Waals surface area contributed by atoms with Crippen molar-refractivity contribution in [2.75, 3.05) is 7.05 Å². The highest BCUT2D eigenvalue weighted by molar-refractivity contribution is 7.86. The van der Waals surface area contributed by atoms with Gasteiger partial charge in [-0.2, -0.15) is 8.42 Å². The van der Waals surface area contributed by atoms with Gasteiger partial charge in [-0.3, -0.25) is 9.87 Å². The fourth-order valence-corrected chi connectivity index (χ4v) is 1.93. The molecule has 1 rings (SSSR count). The van der Waals surface area contributed by atoms with Gasteiger partial charge in [-0.1, -0.05) is 5.16 Å². The molecule has 0 radical (unpaired) electrons. The minimum Gasteiger partial charge on any atom is -0.409 e. The van der Waals surface area contributed by atoms with Crippen LogP contribution in [0.3, 0.4) is 0 Å². The molecule has 0 aromatic rings. The number of carbonyl (C=O) groups is 1. The largest absolute Gasteiger partial charge is 0.409 e. The van der Waals surface area contributed by atoms with Gasteiger partial charge in [0.15, 0.2) is 11.2 Å². The third-order valence-corrected chi connectivity index (χ3v) is 3.01. The van der Waals surface area contributed by atoms with Gasteiger partial charge in [0.25, 0.3) is 10.1 Å². The Labute approximate surface area is 79.9 Å². The molecule has 80 valence electrons. The summed E-state index contributed by atoms with van der Waals surface area (Å²) in [6.45, 7) is 0. The zero-order chi connectivity index (χ0) is 10.9. The molecule has 14 heavy (non-hydrogen) atoms. The van der Waals surface area contributed by atoms with Crippen LogP contribution in [0.5, 0.6) is 0 Å². The second kappa shape index (κ2) is 3.42. The van der Waals surface area contributed by atoms with Crippen LogP contribution in [0.25, 0.3) is 0 Å². The Bertz CT molecular complexity index is 375. The van der Waals surface area contributed by atoms with Gasteiger partial charge in [0.05, 0.1) is 0 Å². The lowest BCUT2D eigenvalue weighted by Crippen LogP contribution is -2.55. The van der Waals surface area contributed by atoms with Gasteiger partial charge in [0.1, 0.15) is 0 Å². The summed E-state index contributed by atoms with van der Waals surface area (Å²) in [5, 5.41) is 11.8. The average molecular weight is 223 g/mol. The second-order valence-electron chi connectivity index (χ2n) is 2.76. The summed E-state index contributed by atoms with van der Waals surface area (Å²) in [7, 11) is -3.17. The first-order valence-electron chi connectivity index (χ1n) is 3.57. The Morgan fingerprint density at radius 2 is 2.21 bits per heavy atom. The van der Waals surface area contributed by atoms with Crippen molar-refractivity contribution in [1.82, 2.24) is 10.2 Å². The van der Waals surface area contributed by atoms with Crippen molar-refractivity contribution in [3.8, 4) is 0 Å². The van der Waals surface area contributed by atoms with Gasteiger partial charge in [-0.05, 0) is 0 Å². The maximum Gasteiger partial charge on any atom is 0.323 e. The number of carbonyl (C=O) groups excluding carboxylic acids is 1. The molecule has 0 bridgehead atoms. The van der Waals surface area contributed by atoms with E-state index >= 15 is 0 Å². The van der Waals surface area contributed by atoms with Gasteiger partial charge in [-0.25, -0.2) is 4.79 Å². The summed E-state index contributed by atoms with van der Waals surface area (Å²) in [4.78, 5) is 11.9. The molecule has 0 aromatic carbocycles. The second-order valence-corrected chi connectivity index (χ2v) is 4.34. The highest BCUT2D eigenvalue weighted by Crippen LogP contribution is 2.13. The quantitative estimate of drug-likeness (QED) is 0.300. The number of oxime groups is 1. The summed E-state index contributed by atoms with van der Waals surface area (Å²) < 4.78 is 30.4. The third kappa shape index (κ3) is 1.93. The van der Waals surface area contributed by atoms with Crippen LogP contribution in [0.15, 0.2) is 5.16 Å². The van der Waals surface area contributed by atoms with Crippen LogP contribution in [0.4, 0.5) is 4.79 Å². The number of hydrogen-bond acceptors (Lipinski definition) is 5. The molecular formula is C5H9N3O5S. The normalized spacial score (nSPS) is 26.4. The predicted octanol–water partition coefficient (Wildman–Crippen LogP) is -0.967. The molecule has 9 heteroatoms. The molecule has 0 aliphatic carbocycles. The van der Waals surface area contributed by atoms with Crippen LogP contribution in [0, 0.1) is 0 Å². The standard InChI is InChI=1S/C5H9N3O5S/c1-8-4(14(11,12)13)2-3(7-10)6-5(8)9/h4,10H,2H2,1H3,(H,6,7,9)(H,11,12,13). The minimum absolute atomic E-state index is 0.198. The van der Waals surface area contributed by atoms with Crippen molar-refractivity contribution in [2.45, 2.75) is 11.8 Å². The molecule has 1 fully saturated rings. The number of amidine groups is 1. The molecule has 1 aliphatic rings. The molecule has 3 N–H and O–H groups in total. The molecular weight excluding hydrogens is 214 g/mol. The fraction of sp³-hybridized carbons (Fsp3) is 0.600. The van der Waals surface area contributed by atoms with Crippen molar-refractivity contribution in [2.24, 2.45) is 5.16 Å². The Morgan fingerprint density at radius 1 is 1.64 bits per heavy atom. The van der Waals surface area contributed by atoms with E-state index in [0.717, 1.165) is 4.90 Å². The first kappa shape index (κ1) is 10.7. The molecule has 0 spiro atoms. The van der Waals surface area contributed by atoms with E-state index in [0.29, 0.717) is 0 Å². The summed E-state index contributed by atoms with van der Waals surface area (Å²) in [6.07, 6.45) is -0.280. The maximum absolute atomic E-state index is 11.1. The van der Waals surface area contributed by atoms with E-state index < -0.39 is 21.5 Å². The highest BCUT2D eigenvalue weighted by atomic mass is 32.2. The molecule has 8 nitrogen and oxygen atoms in total. The fourth-order valence-electron chi connectivity index (χ4n) is 1.07. The number of nitrogens with zero attached hydrogens (tertiary/aromatic N) is 2. The predicted molar refractivity (Wildman–Crippen MR) is 45.5 cm³/mol. The smallest absolute Gasteiger partial charge is 0.323 e. The number of rotatable bonds is 1. The molecule has 1 heterocycles. The molecule has 1 unspecified atom stereocenters. The topological polar surface area (TPSA) is 119 Å². The SMILES string of the molecule is CN1C(=O)N/C(=N\O)CC1S(=O)(=O)O. The van der Waals surface area contributed by atoms with Gasteiger partial charge in [0.2, 0.25) is 0 Å². The molecule has 1 saturated heterocycles. The van der Waals surface area contributed by atoms with Crippen LogP contribution in [-0.2, 0) is 10.1 Å². The van der Waals surface area contributed by atoms with Crippen LogP contribution < -0.4 is 5.32 Å². The van der Waals surface area contributed by atoms with E-state index in [2.05, 4.69) is 10.5 Å². The molecule has 0 aromatic heterocycles. The lowest BCUT2D eigenvalue weighted by Gasteiger charge is -2.30. The van der Waals surface area contributed by atoms with Crippen molar-refractivity contribution in [3.05, 3.63) is 0 Å². The zero-order valence-corrected chi connectivity index (χ0v) is 8.02. The zero-order valence-electron chi connectivity index (χ0n) is 7.21. The van der Waals surface area contributed by atoms with Crippen molar-refractivity contribution < 1.29 is 23.0 Å². The van der Waals surface area contributed by atoms with Crippen LogP contribution in [0.1, 0.15) is 6.42 Å². The Balaban J connectivity index is 3.01. The van der Waals surface area contributed by atoms with E-state index in [1.54, 1.807) is 0 Å². The first-order valence-corrected chi connectivity index (χ1v) is 5.07. The monoisotopic (exact) mass is 223 g/mol. The van der Waals surface area contributed by atoms with Crippen LogP contribution in [0.2, 0.25) is 0 Å². The summed E-state index contributed by atoms with van der Waals surface area (Å²) in [6, 6.07) is -0.758. The lowest BCUT2D eigenvalue weighted by molar-refractivity contribution is 0.200. The molecule has 2 amide bonds. The minimum atomic E-state index is -4.38. The Hall–Kier alpha value is -1.35. The summed E-state index contributed by atoms with van der Waals surface area (Å²) in [5.74, 6) is -0.198. The van der Waals surface area contributed by atoms with Crippen molar-refractivity contribution >= 4 is 22.0 Å². The lowest BCUT2D eigenvalue weighted by atomic mass is 10.3. The summed E-state index contributed by atoms with van der Waals surface area (Å²) >= 11 is 0.